The lowest BCUT2D eigenvalue weighted by atomic mass is 9.79. The molecule has 5 nitrogen and oxygen atoms in total. The molecule has 0 unspecified atom stereocenters. The summed E-state index contributed by atoms with van der Waals surface area (Å²) < 4.78 is 13.2. The predicted octanol–water partition coefficient (Wildman–Crippen LogP) is 3.43. The Balaban J connectivity index is 1.28. The molecule has 3 aliphatic rings. The molecule has 0 radical (unpaired) electrons. The second kappa shape index (κ2) is 9.46. The first kappa shape index (κ1) is 21.3. The van der Waals surface area contributed by atoms with Crippen LogP contribution in [0.1, 0.15) is 56.9 Å². The van der Waals surface area contributed by atoms with Crippen LogP contribution in [-0.4, -0.2) is 65.8 Å². The van der Waals surface area contributed by atoms with Crippen LogP contribution in [0, 0.1) is 11.2 Å². The Morgan fingerprint density at radius 2 is 1.80 bits per heavy atom. The van der Waals surface area contributed by atoms with Gasteiger partial charge in [-0.15, -0.1) is 0 Å². The van der Waals surface area contributed by atoms with E-state index in [-0.39, 0.29) is 23.0 Å². The summed E-state index contributed by atoms with van der Waals surface area (Å²) in [5.41, 5.74) is 1.33. The summed E-state index contributed by atoms with van der Waals surface area (Å²) in [6, 6.07) is 6.79. The van der Waals surface area contributed by atoms with Gasteiger partial charge < -0.3 is 9.80 Å². The standard InChI is InChI=1S/C24H34FN3O2/c25-21-8-6-20(7-9-21)17-26-13-4-11-24(18-26)12-16-28(19-24)23(30)10-15-27-14-3-1-2-5-22(27)29/h6-9H,1-5,10-19H2/t24-/m0/s1. The third-order valence-electron chi connectivity index (χ3n) is 7.12. The van der Waals surface area contributed by atoms with Gasteiger partial charge in [0, 0.05) is 57.5 Å². The van der Waals surface area contributed by atoms with Crippen molar-refractivity contribution in [1.82, 2.24) is 14.7 Å². The number of carbonyl (C=O) groups is 2. The van der Waals surface area contributed by atoms with E-state index >= 15 is 0 Å². The van der Waals surface area contributed by atoms with Crippen molar-refractivity contribution in [1.29, 1.82) is 0 Å². The minimum Gasteiger partial charge on any atom is -0.342 e. The van der Waals surface area contributed by atoms with Crippen LogP contribution in [0.5, 0.6) is 0 Å². The second-order valence-electron chi connectivity index (χ2n) is 9.45. The molecule has 4 rings (SSSR count). The number of benzene rings is 1. The fraction of sp³-hybridized carbons (Fsp3) is 0.667. The minimum absolute atomic E-state index is 0.187. The van der Waals surface area contributed by atoms with Gasteiger partial charge in [-0.05, 0) is 56.3 Å². The largest absolute Gasteiger partial charge is 0.342 e. The average Bonchev–Trinajstić information content (AvgIpc) is 3.02. The maximum Gasteiger partial charge on any atom is 0.224 e. The maximum absolute atomic E-state index is 13.2. The van der Waals surface area contributed by atoms with E-state index in [1.54, 1.807) is 0 Å². The summed E-state index contributed by atoms with van der Waals surface area (Å²) in [6.45, 7) is 5.93. The molecule has 1 spiro atoms. The normalized spacial score (nSPS) is 25.7. The zero-order chi connectivity index (χ0) is 21.0. The predicted molar refractivity (Wildman–Crippen MR) is 114 cm³/mol. The molecule has 6 heteroatoms. The van der Waals surface area contributed by atoms with E-state index < -0.39 is 0 Å². The molecule has 1 aromatic carbocycles. The van der Waals surface area contributed by atoms with Crippen molar-refractivity contribution in [2.75, 3.05) is 39.3 Å². The van der Waals surface area contributed by atoms with Gasteiger partial charge in [-0.25, -0.2) is 4.39 Å². The van der Waals surface area contributed by atoms with E-state index in [9.17, 15) is 14.0 Å². The smallest absolute Gasteiger partial charge is 0.224 e. The first-order valence-corrected chi connectivity index (χ1v) is 11.6. The van der Waals surface area contributed by atoms with Crippen molar-refractivity contribution in [3.8, 4) is 0 Å². The molecule has 0 aliphatic carbocycles. The Morgan fingerprint density at radius 1 is 0.967 bits per heavy atom. The van der Waals surface area contributed by atoms with Crippen molar-refractivity contribution in [2.45, 2.75) is 57.9 Å². The molecule has 0 saturated carbocycles. The molecule has 0 N–H and O–H groups in total. The Morgan fingerprint density at radius 3 is 2.63 bits per heavy atom. The van der Waals surface area contributed by atoms with E-state index in [2.05, 4.69) is 4.90 Å². The number of hydrogen-bond acceptors (Lipinski definition) is 3. The summed E-state index contributed by atoms with van der Waals surface area (Å²) in [5, 5.41) is 0. The Kier molecular flexibility index (Phi) is 6.71. The van der Waals surface area contributed by atoms with Crippen LogP contribution in [0.4, 0.5) is 4.39 Å². The Hall–Kier alpha value is -1.95. The number of amides is 2. The summed E-state index contributed by atoms with van der Waals surface area (Å²) in [4.78, 5) is 31.4. The summed E-state index contributed by atoms with van der Waals surface area (Å²) in [6.07, 6.45) is 7.59. The van der Waals surface area contributed by atoms with Gasteiger partial charge in [-0.2, -0.15) is 0 Å². The average molecular weight is 416 g/mol. The molecule has 3 saturated heterocycles. The molecular formula is C24H34FN3O2. The molecule has 1 aromatic rings. The zero-order valence-electron chi connectivity index (χ0n) is 18.0. The van der Waals surface area contributed by atoms with Crippen LogP contribution in [0.15, 0.2) is 24.3 Å². The van der Waals surface area contributed by atoms with Crippen molar-refractivity contribution in [3.63, 3.8) is 0 Å². The first-order valence-electron chi connectivity index (χ1n) is 11.6. The van der Waals surface area contributed by atoms with Gasteiger partial charge in [0.15, 0.2) is 0 Å². The molecule has 3 heterocycles. The van der Waals surface area contributed by atoms with Crippen LogP contribution in [0.25, 0.3) is 0 Å². The highest BCUT2D eigenvalue weighted by Gasteiger charge is 2.42. The summed E-state index contributed by atoms with van der Waals surface area (Å²) >= 11 is 0. The van der Waals surface area contributed by atoms with E-state index in [0.717, 1.165) is 76.9 Å². The van der Waals surface area contributed by atoms with Gasteiger partial charge in [0.1, 0.15) is 5.82 Å². The van der Waals surface area contributed by atoms with E-state index in [1.807, 2.05) is 21.9 Å². The van der Waals surface area contributed by atoms with Crippen LogP contribution in [-0.2, 0) is 16.1 Å². The number of nitrogens with zero attached hydrogens (tertiary/aromatic N) is 3. The topological polar surface area (TPSA) is 43.9 Å². The number of rotatable bonds is 5. The quantitative estimate of drug-likeness (QED) is 0.740. The third-order valence-corrected chi connectivity index (χ3v) is 7.12. The third kappa shape index (κ3) is 5.20. The molecule has 0 aromatic heterocycles. The fourth-order valence-corrected chi connectivity index (χ4v) is 5.44. The molecule has 30 heavy (non-hydrogen) atoms. The zero-order valence-corrected chi connectivity index (χ0v) is 18.0. The van der Waals surface area contributed by atoms with Gasteiger partial charge in [-0.3, -0.25) is 14.5 Å². The van der Waals surface area contributed by atoms with Crippen molar-refractivity contribution in [2.24, 2.45) is 5.41 Å². The van der Waals surface area contributed by atoms with Crippen LogP contribution in [0.2, 0.25) is 0 Å². The number of piperidine rings is 1. The highest BCUT2D eigenvalue weighted by molar-refractivity contribution is 5.79. The second-order valence-corrected chi connectivity index (χ2v) is 9.45. The van der Waals surface area contributed by atoms with Crippen molar-refractivity contribution >= 4 is 11.8 Å². The van der Waals surface area contributed by atoms with E-state index in [0.29, 0.717) is 19.4 Å². The molecule has 0 bridgehead atoms. The lowest BCUT2D eigenvalue weighted by Crippen LogP contribution is -2.45. The lowest BCUT2D eigenvalue weighted by molar-refractivity contribution is -0.134. The summed E-state index contributed by atoms with van der Waals surface area (Å²) in [7, 11) is 0. The summed E-state index contributed by atoms with van der Waals surface area (Å²) in [5.74, 6) is 0.210. The highest BCUT2D eigenvalue weighted by Crippen LogP contribution is 2.39. The van der Waals surface area contributed by atoms with E-state index in [1.165, 1.54) is 18.6 Å². The number of carbonyl (C=O) groups excluding carboxylic acids is 2. The van der Waals surface area contributed by atoms with Gasteiger partial charge in [0.05, 0.1) is 0 Å². The minimum atomic E-state index is -0.194. The van der Waals surface area contributed by atoms with Gasteiger partial charge in [-0.1, -0.05) is 18.6 Å². The maximum atomic E-state index is 13.2. The van der Waals surface area contributed by atoms with Gasteiger partial charge in [0.2, 0.25) is 11.8 Å². The molecule has 3 aliphatic heterocycles. The van der Waals surface area contributed by atoms with Crippen LogP contribution < -0.4 is 0 Å². The lowest BCUT2D eigenvalue weighted by Gasteiger charge is -2.40. The van der Waals surface area contributed by atoms with Gasteiger partial charge in [0.25, 0.3) is 0 Å². The van der Waals surface area contributed by atoms with Gasteiger partial charge >= 0.3 is 0 Å². The molecule has 3 fully saturated rings. The highest BCUT2D eigenvalue weighted by atomic mass is 19.1. The molecular weight excluding hydrogens is 381 g/mol. The molecule has 1 atom stereocenters. The monoisotopic (exact) mass is 415 g/mol. The van der Waals surface area contributed by atoms with Crippen molar-refractivity contribution in [3.05, 3.63) is 35.6 Å². The Bertz CT molecular complexity index is 753. The van der Waals surface area contributed by atoms with Crippen LogP contribution in [0.3, 0.4) is 0 Å². The SMILES string of the molecule is O=C1CCCCCN1CCC(=O)N1CC[C@]2(CCCN(Cc3ccc(F)cc3)C2)C1. The molecule has 164 valence electrons. The number of halogens is 1. The Labute approximate surface area is 179 Å². The van der Waals surface area contributed by atoms with E-state index in [4.69, 9.17) is 0 Å². The molecule has 2 amide bonds. The van der Waals surface area contributed by atoms with Crippen LogP contribution >= 0.6 is 0 Å². The number of likely N-dealkylation sites (tertiary alicyclic amines) is 3. The number of hydrogen-bond donors (Lipinski definition) is 0. The van der Waals surface area contributed by atoms with Crippen molar-refractivity contribution < 1.29 is 14.0 Å². The fourth-order valence-electron chi connectivity index (χ4n) is 5.44. The first-order chi connectivity index (χ1) is 14.5.